The first-order chi connectivity index (χ1) is 11.4. The monoisotopic (exact) mass is 326 g/mol. The van der Waals surface area contributed by atoms with Gasteiger partial charge in [0.25, 0.3) is 0 Å². The number of hydrogen-bond donors (Lipinski definition) is 1. The van der Waals surface area contributed by atoms with Crippen LogP contribution in [-0.4, -0.2) is 36.3 Å². The quantitative estimate of drug-likeness (QED) is 0.798. The average molecular weight is 326 g/mol. The number of morpholine rings is 1. The smallest absolute Gasteiger partial charge is 0.184 e. The number of aromatic nitrogens is 2. The summed E-state index contributed by atoms with van der Waals surface area (Å²) in [4.78, 5) is 11.4. The number of anilines is 2. The SMILES string of the molecule is c1ccc2sc(NCc3ccnc(N4CCOCC4)c3)nc2c1. The van der Waals surface area contributed by atoms with Crippen LogP contribution in [0.4, 0.5) is 10.9 Å². The van der Waals surface area contributed by atoms with Crippen molar-refractivity contribution >= 4 is 32.5 Å². The molecule has 0 radical (unpaired) electrons. The van der Waals surface area contributed by atoms with E-state index in [2.05, 4.69) is 32.3 Å². The summed E-state index contributed by atoms with van der Waals surface area (Å²) in [6, 6.07) is 12.4. The van der Waals surface area contributed by atoms with Gasteiger partial charge in [-0.1, -0.05) is 23.5 Å². The minimum Gasteiger partial charge on any atom is -0.378 e. The van der Waals surface area contributed by atoms with Crippen LogP contribution in [0.1, 0.15) is 5.56 Å². The van der Waals surface area contributed by atoms with Crippen LogP contribution in [0, 0.1) is 0 Å². The second-order valence-corrected chi connectivity index (χ2v) is 6.49. The lowest BCUT2D eigenvalue weighted by Crippen LogP contribution is -2.36. The Morgan fingerprint density at radius 3 is 2.91 bits per heavy atom. The number of rotatable bonds is 4. The third-order valence-corrected chi connectivity index (χ3v) is 4.88. The molecule has 0 saturated carbocycles. The first-order valence-electron chi connectivity index (χ1n) is 7.75. The molecule has 6 heteroatoms. The summed E-state index contributed by atoms with van der Waals surface area (Å²) in [7, 11) is 0. The molecule has 3 aromatic rings. The maximum Gasteiger partial charge on any atom is 0.184 e. The van der Waals surface area contributed by atoms with Crippen LogP contribution in [0.25, 0.3) is 10.2 Å². The predicted octanol–water partition coefficient (Wildman–Crippen LogP) is 3.14. The fourth-order valence-corrected chi connectivity index (χ4v) is 3.52. The van der Waals surface area contributed by atoms with Crippen LogP contribution in [0.5, 0.6) is 0 Å². The zero-order valence-electron chi connectivity index (χ0n) is 12.7. The van der Waals surface area contributed by atoms with Crippen molar-refractivity contribution in [2.45, 2.75) is 6.54 Å². The van der Waals surface area contributed by atoms with Gasteiger partial charge in [0, 0.05) is 25.8 Å². The zero-order valence-corrected chi connectivity index (χ0v) is 13.6. The van der Waals surface area contributed by atoms with Gasteiger partial charge in [-0.05, 0) is 29.8 Å². The van der Waals surface area contributed by atoms with Crippen molar-refractivity contribution < 1.29 is 4.74 Å². The standard InChI is InChI=1S/C17H18N4OS/c1-2-4-15-14(3-1)20-17(23-15)19-12-13-5-6-18-16(11-13)21-7-9-22-10-8-21/h1-6,11H,7-10,12H2,(H,19,20). The Labute approximate surface area is 138 Å². The molecule has 0 atom stereocenters. The lowest BCUT2D eigenvalue weighted by Gasteiger charge is -2.28. The van der Waals surface area contributed by atoms with Gasteiger partial charge in [-0.3, -0.25) is 0 Å². The van der Waals surface area contributed by atoms with Gasteiger partial charge in [0.05, 0.1) is 23.4 Å². The largest absolute Gasteiger partial charge is 0.378 e. The molecule has 0 spiro atoms. The van der Waals surface area contributed by atoms with E-state index in [0.717, 1.165) is 49.3 Å². The van der Waals surface area contributed by atoms with Crippen molar-refractivity contribution in [2.75, 3.05) is 36.5 Å². The molecule has 1 aromatic carbocycles. The van der Waals surface area contributed by atoms with E-state index in [0.29, 0.717) is 0 Å². The van der Waals surface area contributed by atoms with E-state index in [9.17, 15) is 0 Å². The minimum absolute atomic E-state index is 0.750. The van der Waals surface area contributed by atoms with Crippen molar-refractivity contribution in [3.63, 3.8) is 0 Å². The van der Waals surface area contributed by atoms with E-state index >= 15 is 0 Å². The van der Waals surface area contributed by atoms with Crippen LogP contribution in [0.2, 0.25) is 0 Å². The highest BCUT2D eigenvalue weighted by atomic mass is 32.1. The number of hydrogen-bond acceptors (Lipinski definition) is 6. The molecule has 2 aromatic heterocycles. The second-order valence-electron chi connectivity index (χ2n) is 5.46. The number of thiazole rings is 1. The number of nitrogens with one attached hydrogen (secondary N) is 1. The third kappa shape index (κ3) is 3.28. The van der Waals surface area contributed by atoms with Crippen molar-refractivity contribution in [2.24, 2.45) is 0 Å². The summed E-state index contributed by atoms with van der Waals surface area (Å²) in [5.74, 6) is 1.02. The molecule has 23 heavy (non-hydrogen) atoms. The van der Waals surface area contributed by atoms with E-state index in [1.54, 1.807) is 11.3 Å². The molecule has 1 fully saturated rings. The van der Waals surface area contributed by atoms with E-state index in [1.165, 1.54) is 10.3 Å². The van der Waals surface area contributed by atoms with Crippen molar-refractivity contribution in [1.29, 1.82) is 0 Å². The lowest BCUT2D eigenvalue weighted by atomic mass is 10.2. The number of pyridine rings is 1. The molecule has 0 bridgehead atoms. The van der Waals surface area contributed by atoms with Gasteiger partial charge < -0.3 is 15.0 Å². The molecule has 0 amide bonds. The van der Waals surface area contributed by atoms with Crippen molar-refractivity contribution in [1.82, 2.24) is 9.97 Å². The van der Waals surface area contributed by atoms with Crippen molar-refractivity contribution in [3.8, 4) is 0 Å². The lowest BCUT2D eigenvalue weighted by molar-refractivity contribution is 0.122. The maximum atomic E-state index is 5.40. The first-order valence-corrected chi connectivity index (χ1v) is 8.57. The molecular formula is C17H18N4OS. The minimum atomic E-state index is 0.750. The summed E-state index contributed by atoms with van der Waals surface area (Å²) >= 11 is 1.68. The number of para-hydroxylation sites is 1. The third-order valence-electron chi connectivity index (χ3n) is 3.88. The molecule has 0 unspecified atom stereocenters. The fourth-order valence-electron chi connectivity index (χ4n) is 2.66. The van der Waals surface area contributed by atoms with Gasteiger partial charge in [-0.15, -0.1) is 0 Å². The predicted molar refractivity (Wildman–Crippen MR) is 94.2 cm³/mol. The molecule has 118 valence electrons. The molecular weight excluding hydrogens is 308 g/mol. The van der Waals surface area contributed by atoms with Crippen LogP contribution >= 0.6 is 11.3 Å². The van der Waals surface area contributed by atoms with Crippen molar-refractivity contribution in [3.05, 3.63) is 48.2 Å². The van der Waals surface area contributed by atoms with Gasteiger partial charge in [0.15, 0.2) is 5.13 Å². The second kappa shape index (κ2) is 6.52. The van der Waals surface area contributed by atoms with Gasteiger partial charge in [0.2, 0.25) is 0 Å². The van der Waals surface area contributed by atoms with Crippen LogP contribution in [-0.2, 0) is 11.3 Å². The molecule has 4 rings (SSSR count). The molecule has 1 N–H and O–H groups in total. The Bertz CT molecular complexity index is 765. The first kappa shape index (κ1) is 14.4. The van der Waals surface area contributed by atoms with Crippen LogP contribution in [0.15, 0.2) is 42.6 Å². The number of benzene rings is 1. The number of nitrogens with zero attached hydrogens (tertiary/aromatic N) is 3. The van der Waals surface area contributed by atoms with Crippen LogP contribution in [0.3, 0.4) is 0 Å². The molecule has 1 saturated heterocycles. The van der Waals surface area contributed by atoms with Gasteiger partial charge in [-0.25, -0.2) is 9.97 Å². The summed E-state index contributed by atoms with van der Waals surface area (Å²) in [5.41, 5.74) is 2.25. The average Bonchev–Trinajstić information content (AvgIpc) is 3.04. The molecule has 3 heterocycles. The molecule has 5 nitrogen and oxygen atoms in total. The highest BCUT2D eigenvalue weighted by Gasteiger charge is 2.12. The summed E-state index contributed by atoms with van der Waals surface area (Å²) in [6.07, 6.45) is 1.88. The maximum absolute atomic E-state index is 5.40. The zero-order chi connectivity index (χ0) is 15.5. The van der Waals surface area contributed by atoms with E-state index in [-0.39, 0.29) is 0 Å². The van der Waals surface area contributed by atoms with Gasteiger partial charge in [-0.2, -0.15) is 0 Å². The molecule has 1 aliphatic rings. The summed E-state index contributed by atoms with van der Waals surface area (Å²) < 4.78 is 6.60. The Morgan fingerprint density at radius 2 is 2.04 bits per heavy atom. The number of ether oxygens (including phenoxy) is 1. The fraction of sp³-hybridized carbons (Fsp3) is 0.294. The number of fused-ring (bicyclic) bond motifs is 1. The molecule has 1 aliphatic heterocycles. The normalized spacial score (nSPS) is 15.0. The van der Waals surface area contributed by atoms with Gasteiger partial charge in [0.1, 0.15) is 5.82 Å². The Hall–Kier alpha value is -2.18. The van der Waals surface area contributed by atoms with E-state index < -0.39 is 0 Å². The van der Waals surface area contributed by atoms with Crippen LogP contribution < -0.4 is 10.2 Å². The Morgan fingerprint density at radius 1 is 1.17 bits per heavy atom. The van der Waals surface area contributed by atoms with Gasteiger partial charge >= 0.3 is 0 Å². The summed E-state index contributed by atoms with van der Waals surface area (Å²) in [6.45, 7) is 4.11. The van der Waals surface area contributed by atoms with E-state index in [4.69, 9.17) is 4.74 Å². The highest BCUT2D eigenvalue weighted by Crippen LogP contribution is 2.26. The molecule has 0 aliphatic carbocycles. The van der Waals surface area contributed by atoms with E-state index in [1.807, 2.05) is 30.5 Å². The topological polar surface area (TPSA) is 50.3 Å². The highest BCUT2D eigenvalue weighted by molar-refractivity contribution is 7.22. The summed E-state index contributed by atoms with van der Waals surface area (Å²) in [5, 5.41) is 4.37. The Kier molecular flexibility index (Phi) is 4.08. The Balaban J connectivity index is 1.46.